The topological polar surface area (TPSA) is 91.2 Å². The van der Waals surface area contributed by atoms with Gasteiger partial charge in [-0.25, -0.2) is 14.8 Å². The summed E-state index contributed by atoms with van der Waals surface area (Å²) >= 11 is 0. The zero-order valence-electron chi connectivity index (χ0n) is 8.51. The molecule has 16 heavy (non-hydrogen) atoms. The zero-order valence-corrected chi connectivity index (χ0v) is 8.51. The summed E-state index contributed by atoms with van der Waals surface area (Å²) in [7, 11) is 1.27. The van der Waals surface area contributed by atoms with Crippen molar-refractivity contribution < 1.29 is 13.9 Å². The maximum Gasteiger partial charge on any atom is 0.343 e. The van der Waals surface area contributed by atoms with Crippen LogP contribution in [0.1, 0.15) is 10.4 Å². The van der Waals surface area contributed by atoms with Crippen molar-refractivity contribution in [2.24, 2.45) is 0 Å². The number of hydrogen-bond acceptors (Lipinski definition) is 6. The van der Waals surface area contributed by atoms with E-state index in [1.54, 1.807) is 12.1 Å². The third-order valence-electron chi connectivity index (χ3n) is 1.97. The lowest BCUT2D eigenvalue weighted by Crippen LogP contribution is -2.08. The first kappa shape index (κ1) is 10.2. The van der Waals surface area contributed by atoms with Gasteiger partial charge in [0.05, 0.1) is 13.4 Å². The van der Waals surface area contributed by atoms with Gasteiger partial charge in [0.25, 0.3) is 0 Å². The predicted octanol–water partition coefficient (Wildman–Crippen LogP) is 1.11. The van der Waals surface area contributed by atoms with Gasteiger partial charge in [0, 0.05) is 6.20 Å². The standard InChI is InChI=1S/C10H9N3O3/c1-15-10(14)6-5-12-9(13-8(6)11)7-3-2-4-16-7/h2-5H,1H3,(H2,11,12,13). The number of nitrogens with two attached hydrogens (primary N) is 1. The van der Waals surface area contributed by atoms with Gasteiger partial charge in [-0.1, -0.05) is 0 Å². The average molecular weight is 219 g/mol. The molecule has 0 fully saturated rings. The largest absolute Gasteiger partial charge is 0.465 e. The number of carbonyl (C=O) groups is 1. The number of esters is 1. The fourth-order valence-corrected chi connectivity index (χ4v) is 1.19. The second-order valence-electron chi connectivity index (χ2n) is 2.96. The van der Waals surface area contributed by atoms with Crippen LogP contribution >= 0.6 is 0 Å². The van der Waals surface area contributed by atoms with E-state index in [1.807, 2.05) is 0 Å². The number of rotatable bonds is 2. The first-order valence-electron chi connectivity index (χ1n) is 4.47. The lowest BCUT2D eigenvalue weighted by Gasteiger charge is -2.03. The number of anilines is 1. The number of ether oxygens (including phenoxy) is 1. The molecule has 6 nitrogen and oxygen atoms in total. The molecule has 0 aliphatic carbocycles. The van der Waals surface area contributed by atoms with Crippen LogP contribution in [0.25, 0.3) is 11.6 Å². The highest BCUT2D eigenvalue weighted by Crippen LogP contribution is 2.18. The fourth-order valence-electron chi connectivity index (χ4n) is 1.19. The van der Waals surface area contributed by atoms with Crippen LogP contribution in [-0.4, -0.2) is 23.0 Å². The molecular formula is C10H9N3O3. The monoisotopic (exact) mass is 219 g/mol. The molecule has 0 bridgehead atoms. The van der Waals surface area contributed by atoms with Gasteiger partial charge in [-0.05, 0) is 12.1 Å². The summed E-state index contributed by atoms with van der Waals surface area (Å²) in [5.74, 6) is 0.315. The summed E-state index contributed by atoms with van der Waals surface area (Å²) in [5, 5.41) is 0. The Morgan fingerprint density at radius 2 is 2.38 bits per heavy atom. The van der Waals surface area contributed by atoms with E-state index < -0.39 is 5.97 Å². The normalized spacial score (nSPS) is 10.1. The lowest BCUT2D eigenvalue weighted by atomic mass is 10.3. The summed E-state index contributed by atoms with van der Waals surface area (Å²) in [4.78, 5) is 19.1. The van der Waals surface area contributed by atoms with Crippen LogP contribution in [0.5, 0.6) is 0 Å². The Bertz CT molecular complexity index is 508. The molecule has 0 unspecified atom stereocenters. The Labute approximate surface area is 91.1 Å². The van der Waals surface area contributed by atoms with Crippen LogP contribution in [0.2, 0.25) is 0 Å². The molecule has 2 aromatic rings. The molecule has 2 rings (SSSR count). The number of hydrogen-bond donors (Lipinski definition) is 1. The van der Waals surface area contributed by atoms with E-state index in [0.717, 1.165) is 0 Å². The minimum Gasteiger partial charge on any atom is -0.465 e. The Balaban J connectivity index is 2.41. The van der Waals surface area contributed by atoms with Gasteiger partial charge in [-0.2, -0.15) is 0 Å². The smallest absolute Gasteiger partial charge is 0.343 e. The fraction of sp³-hybridized carbons (Fsp3) is 0.100. The minimum absolute atomic E-state index is 0.0632. The molecule has 0 saturated heterocycles. The predicted molar refractivity (Wildman–Crippen MR) is 55.5 cm³/mol. The highest BCUT2D eigenvalue weighted by Gasteiger charge is 2.14. The number of nitrogen functional groups attached to an aromatic ring is 1. The number of carbonyl (C=O) groups excluding carboxylic acids is 1. The molecule has 0 aliphatic heterocycles. The molecule has 0 atom stereocenters. The van der Waals surface area contributed by atoms with E-state index in [0.29, 0.717) is 11.6 Å². The van der Waals surface area contributed by atoms with Crippen molar-refractivity contribution in [1.82, 2.24) is 9.97 Å². The lowest BCUT2D eigenvalue weighted by molar-refractivity contribution is 0.0601. The Hall–Kier alpha value is -2.37. The molecule has 6 heteroatoms. The third-order valence-corrected chi connectivity index (χ3v) is 1.97. The SMILES string of the molecule is COC(=O)c1cnc(-c2ccco2)nc1N. The van der Waals surface area contributed by atoms with Crippen molar-refractivity contribution in [2.45, 2.75) is 0 Å². The summed E-state index contributed by atoms with van der Waals surface area (Å²) < 4.78 is 9.63. The van der Waals surface area contributed by atoms with Crippen molar-refractivity contribution in [1.29, 1.82) is 0 Å². The molecule has 0 aromatic carbocycles. The zero-order chi connectivity index (χ0) is 11.5. The van der Waals surface area contributed by atoms with Gasteiger partial charge >= 0.3 is 5.97 Å². The summed E-state index contributed by atoms with van der Waals surface area (Å²) in [5.41, 5.74) is 5.75. The summed E-state index contributed by atoms with van der Waals surface area (Å²) in [6, 6.07) is 3.41. The third kappa shape index (κ3) is 1.72. The number of methoxy groups -OCH3 is 1. The van der Waals surface area contributed by atoms with Gasteiger partial charge in [-0.15, -0.1) is 0 Å². The van der Waals surface area contributed by atoms with Crippen molar-refractivity contribution in [2.75, 3.05) is 12.8 Å². The first-order chi connectivity index (χ1) is 7.72. The number of furan rings is 1. The molecular weight excluding hydrogens is 210 g/mol. The van der Waals surface area contributed by atoms with Crippen molar-refractivity contribution in [3.8, 4) is 11.6 Å². The van der Waals surface area contributed by atoms with Crippen molar-refractivity contribution in [3.05, 3.63) is 30.2 Å². The number of nitrogens with zero attached hydrogens (tertiary/aromatic N) is 2. The molecule has 0 amide bonds. The molecule has 2 heterocycles. The molecule has 2 aromatic heterocycles. The Morgan fingerprint density at radius 3 is 2.94 bits per heavy atom. The summed E-state index contributed by atoms with van der Waals surface area (Å²) in [6.45, 7) is 0. The molecule has 2 N–H and O–H groups in total. The molecule has 0 spiro atoms. The maximum atomic E-state index is 11.2. The van der Waals surface area contributed by atoms with Crippen LogP contribution in [0.3, 0.4) is 0 Å². The van der Waals surface area contributed by atoms with Gasteiger partial charge in [-0.3, -0.25) is 0 Å². The molecule has 0 radical (unpaired) electrons. The highest BCUT2D eigenvalue weighted by atomic mass is 16.5. The second kappa shape index (κ2) is 4.01. The molecule has 0 saturated carbocycles. The Morgan fingerprint density at radius 1 is 1.56 bits per heavy atom. The van der Waals surface area contributed by atoms with Crippen LogP contribution in [-0.2, 0) is 4.74 Å². The van der Waals surface area contributed by atoms with Gasteiger partial charge in [0.15, 0.2) is 11.6 Å². The quantitative estimate of drug-likeness (QED) is 0.760. The van der Waals surface area contributed by atoms with Crippen molar-refractivity contribution in [3.63, 3.8) is 0 Å². The molecule has 0 aliphatic rings. The summed E-state index contributed by atoms with van der Waals surface area (Å²) in [6.07, 6.45) is 2.81. The Kier molecular flexibility index (Phi) is 2.55. The van der Waals surface area contributed by atoms with Crippen molar-refractivity contribution >= 4 is 11.8 Å². The van der Waals surface area contributed by atoms with Gasteiger partial charge < -0.3 is 14.9 Å². The van der Waals surface area contributed by atoms with E-state index in [2.05, 4.69) is 14.7 Å². The van der Waals surface area contributed by atoms with E-state index >= 15 is 0 Å². The van der Waals surface area contributed by atoms with E-state index in [1.165, 1.54) is 19.6 Å². The van der Waals surface area contributed by atoms with Crippen LogP contribution in [0.4, 0.5) is 5.82 Å². The van der Waals surface area contributed by atoms with Crippen LogP contribution < -0.4 is 5.73 Å². The van der Waals surface area contributed by atoms with Gasteiger partial charge in [0.2, 0.25) is 0 Å². The molecule has 82 valence electrons. The average Bonchev–Trinajstić information content (AvgIpc) is 2.81. The van der Waals surface area contributed by atoms with Gasteiger partial charge in [0.1, 0.15) is 11.4 Å². The van der Waals surface area contributed by atoms with E-state index in [4.69, 9.17) is 10.2 Å². The first-order valence-corrected chi connectivity index (χ1v) is 4.47. The van der Waals surface area contributed by atoms with Crippen LogP contribution in [0.15, 0.2) is 29.0 Å². The maximum absolute atomic E-state index is 11.2. The van der Waals surface area contributed by atoms with Crippen LogP contribution in [0, 0.1) is 0 Å². The highest BCUT2D eigenvalue weighted by molar-refractivity contribution is 5.93. The van der Waals surface area contributed by atoms with E-state index in [9.17, 15) is 4.79 Å². The minimum atomic E-state index is -0.566. The second-order valence-corrected chi connectivity index (χ2v) is 2.96. The number of aromatic nitrogens is 2. The van der Waals surface area contributed by atoms with E-state index in [-0.39, 0.29) is 11.4 Å².